The van der Waals surface area contributed by atoms with Crippen LogP contribution in [0.5, 0.6) is 11.5 Å². The molecule has 1 fully saturated rings. The fourth-order valence-electron chi connectivity index (χ4n) is 2.42. The van der Waals surface area contributed by atoms with E-state index in [2.05, 4.69) is 5.32 Å². The Morgan fingerprint density at radius 2 is 1.96 bits per heavy atom. The van der Waals surface area contributed by atoms with E-state index in [0.29, 0.717) is 15.8 Å². The van der Waals surface area contributed by atoms with Gasteiger partial charge >= 0.3 is 0 Å². The molecule has 2 aromatic carbocycles. The van der Waals surface area contributed by atoms with Gasteiger partial charge < -0.3 is 15.2 Å². The van der Waals surface area contributed by atoms with Gasteiger partial charge in [0.2, 0.25) is 0 Å². The van der Waals surface area contributed by atoms with Crippen molar-refractivity contribution in [3.63, 3.8) is 0 Å². The number of rotatable bonds is 6. The molecule has 0 aliphatic carbocycles. The minimum absolute atomic E-state index is 0.144. The number of phenolic OH excluding ortho intramolecular Hbond substituents is 1. The Morgan fingerprint density at radius 1 is 1.23 bits per heavy atom. The van der Waals surface area contributed by atoms with Crippen LogP contribution in [0.25, 0.3) is 6.08 Å². The Hall–Kier alpha value is -2.51. The molecule has 5 nitrogen and oxygen atoms in total. The van der Waals surface area contributed by atoms with Crippen molar-refractivity contribution < 1.29 is 14.6 Å². The zero-order valence-electron chi connectivity index (χ0n) is 14.1. The molecule has 0 aromatic heterocycles. The van der Waals surface area contributed by atoms with Crippen molar-refractivity contribution in [2.45, 2.75) is 6.92 Å². The lowest BCUT2D eigenvalue weighted by molar-refractivity contribution is -0.121. The second kappa shape index (κ2) is 8.25. The van der Waals surface area contributed by atoms with Crippen molar-refractivity contribution >= 4 is 46.0 Å². The summed E-state index contributed by atoms with van der Waals surface area (Å²) in [5.41, 5.74) is 1.64. The maximum atomic E-state index is 12.6. The fourth-order valence-corrected chi connectivity index (χ4v) is 3.67. The minimum atomic E-state index is -0.144. The number of phenols is 1. The number of aromatic hydroxyl groups is 1. The van der Waals surface area contributed by atoms with Crippen molar-refractivity contribution in [3.8, 4) is 11.5 Å². The Morgan fingerprint density at radius 3 is 2.69 bits per heavy atom. The van der Waals surface area contributed by atoms with Crippen molar-refractivity contribution in [2.24, 2.45) is 0 Å². The number of hydrogen-bond donors (Lipinski definition) is 2. The molecule has 0 bridgehead atoms. The molecule has 134 valence electrons. The summed E-state index contributed by atoms with van der Waals surface area (Å²) < 4.78 is 6.08. The Bertz CT molecular complexity index is 850. The molecular weight excluding hydrogens is 368 g/mol. The molecule has 1 aliphatic heterocycles. The molecule has 0 atom stereocenters. The number of carbonyl (C=O) groups is 1. The lowest BCUT2D eigenvalue weighted by Gasteiger charge is -2.18. The van der Waals surface area contributed by atoms with Crippen molar-refractivity contribution in [1.29, 1.82) is 0 Å². The zero-order valence-corrected chi connectivity index (χ0v) is 15.8. The lowest BCUT2D eigenvalue weighted by atomic mass is 10.2. The number of benzene rings is 2. The van der Waals surface area contributed by atoms with Gasteiger partial charge in [-0.1, -0.05) is 48.2 Å². The van der Waals surface area contributed by atoms with Crippen LogP contribution in [0.2, 0.25) is 0 Å². The first-order valence-corrected chi connectivity index (χ1v) is 9.31. The summed E-state index contributed by atoms with van der Waals surface area (Å²) in [6.45, 7) is 2.75. The summed E-state index contributed by atoms with van der Waals surface area (Å²) >= 11 is 6.61. The van der Waals surface area contributed by atoms with E-state index in [-0.39, 0.29) is 18.3 Å². The van der Waals surface area contributed by atoms with Gasteiger partial charge in [-0.15, -0.1) is 0 Å². The van der Waals surface area contributed by atoms with Crippen molar-refractivity contribution in [1.82, 2.24) is 4.90 Å². The SMILES string of the molecule is CCOc1ccccc1NCN1C(=O)/C(=C\c2ccc(O)cc2)SC1=S. The Kier molecular flexibility index (Phi) is 5.80. The summed E-state index contributed by atoms with van der Waals surface area (Å²) in [7, 11) is 0. The van der Waals surface area contributed by atoms with Crippen molar-refractivity contribution in [2.75, 3.05) is 18.6 Å². The third-order valence-corrected chi connectivity index (χ3v) is 5.06. The van der Waals surface area contributed by atoms with Gasteiger partial charge in [0.15, 0.2) is 0 Å². The predicted octanol–water partition coefficient (Wildman–Crippen LogP) is 4.06. The monoisotopic (exact) mass is 386 g/mol. The van der Waals surface area contributed by atoms with Crippen LogP contribution in [-0.4, -0.2) is 33.5 Å². The highest BCUT2D eigenvalue weighted by Crippen LogP contribution is 2.33. The molecule has 0 unspecified atom stereocenters. The number of hydrogen-bond acceptors (Lipinski definition) is 6. The number of amides is 1. The zero-order chi connectivity index (χ0) is 18.5. The minimum Gasteiger partial charge on any atom is -0.508 e. The quantitative estimate of drug-likeness (QED) is 0.577. The third kappa shape index (κ3) is 4.17. The second-order valence-electron chi connectivity index (χ2n) is 5.47. The van der Waals surface area contributed by atoms with E-state index in [1.165, 1.54) is 16.7 Å². The average Bonchev–Trinajstić information content (AvgIpc) is 2.90. The van der Waals surface area contributed by atoms with E-state index in [0.717, 1.165) is 17.0 Å². The summed E-state index contributed by atoms with van der Waals surface area (Å²) in [6, 6.07) is 14.2. The van der Waals surface area contributed by atoms with Crippen LogP contribution in [0.4, 0.5) is 5.69 Å². The standard InChI is InChI=1S/C19H18N2O3S2/c1-2-24-16-6-4-3-5-15(16)20-12-21-18(23)17(26-19(21)25)11-13-7-9-14(22)10-8-13/h3-11,20,22H,2,12H2,1H3/b17-11+. The summed E-state index contributed by atoms with van der Waals surface area (Å²) in [6.07, 6.45) is 1.77. The number of ether oxygens (including phenoxy) is 1. The number of para-hydroxylation sites is 2. The van der Waals surface area contributed by atoms with Gasteiger partial charge in [0.1, 0.15) is 15.8 Å². The van der Waals surface area contributed by atoms with Crippen LogP contribution >= 0.6 is 24.0 Å². The van der Waals surface area contributed by atoms with Gasteiger partial charge in [-0.05, 0) is 42.8 Å². The number of thioether (sulfide) groups is 1. The second-order valence-corrected chi connectivity index (χ2v) is 7.14. The summed E-state index contributed by atoms with van der Waals surface area (Å²) in [5, 5.41) is 12.6. The van der Waals surface area contributed by atoms with E-state index in [9.17, 15) is 9.90 Å². The molecular formula is C19H18N2O3S2. The largest absolute Gasteiger partial charge is 0.508 e. The Labute approximate surface area is 161 Å². The third-order valence-electron chi connectivity index (χ3n) is 3.68. The van der Waals surface area contributed by atoms with Gasteiger partial charge in [0.05, 0.1) is 23.9 Å². The van der Waals surface area contributed by atoms with Crippen LogP contribution in [0.3, 0.4) is 0 Å². The van der Waals surface area contributed by atoms with E-state index < -0.39 is 0 Å². The predicted molar refractivity (Wildman–Crippen MR) is 109 cm³/mol. The molecule has 2 N–H and O–H groups in total. The molecule has 0 saturated carbocycles. The van der Waals surface area contributed by atoms with Gasteiger partial charge in [-0.3, -0.25) is 9.69 Å². The molecule has 2 aromatic rings. The van der Waals surface area contributed by atoms with E-state index in [4.69, 9.17) is 17.0 Å². The molecule has 7 heteroatoms. The molecule has 0 radical (unpaired) electrons. The Balaban J connectivity index is 1.71. The average molecular weight is 386 g/mol. The van der Waals surface area contributed by atoms with Crippen LogP contribution in [-0.2, 0) is 4.79 Å². The summed E-state index contributed by atoms with van der Waals surface area (Å²) in [5.74, 6) is 0.779. The van der Waals surface area contributed by atoms with E-state index >= 15 is 0 Å². The highest BCUT2D eigenvalue weighted by molar-refractivity contribution is 8.26. The summed E-state index contributed by atoms with van der Waals surface area (Å²) in [4.78, 5) is 14.7. The molecule has 1 amide bonds. The highest BCUT2D eigenvalue weighted by Gasteiger charge is 2.31. The molecule has 1 heterocycles. The normalized spacial score (nSPS) is 15.6. The number of nitrogens with zero attached hydrogens (tertiary/aromatic N) is 1. The van der Waals surface area contributed by atoms with Crippen LogP contribution in [0, 0.1) is 0 Å². The van der Waals surface area contributed by atoms with E-state index in [1.807, 2.05) is 31.2 Å². The number of nitrogens with one attached hydrogen (secondary N) is 1. The maximum Gasteiger partial charge on any atom is 0.267 e. The molecule has 26 heavy (non-hydrogen) atoms. The number of anilines is 1. The van der Waals surface area contributed by atoms with Gasteiger partial charge in [0.25, 0.3) is 5.91 Å². The molecule has 3 rings (SSSR count). The van der Waals surface area contributed by atoms with Gasteiger partial charge in [-0.2, -0.15) is 0 Å². The fraction of sp³-hybridized carbons (Fsp3) is 0.158. The molecule has 1 saturated heterocycles. The molecule has 1 aliphatic rings. The smallest absolute Gasteiger partial charge is 0.267 e. The van der Waals surface area contributed by atoms with Gasteiger partial charge in [0, 0.05) is 0 Å². The first kappa shape index (κ1) is 18.3. The molecule has 0 spiro atoms. The first-order chi connectivity index (χ1) is 12.6. The number of carbonyl (C=O) groups excluding carboxylic acids is 1. The van der Waals surface area contributed by atoms with Crippen LogP contribution in [0.1, 0.15) is 12.5 Å². The number of thiocarbonyl (C=S) groups is 1. The van der Waals surface area contributed by atoms with Crippen LogP contribution < -0.4 is 10.1 Å². The topological polar surface area (TPSA) is 61.8 Å². The highest BCUT2D eigenvalue weighted by atomic mass is 32.2. The first-order valence-electron chi connectivity index (χ1n) is 8.08. The maximum absolute atomic E-state index is 12.6. The van der Waals surface area contributed by atoms with E-state index in [1.54, 1.807) is 30.3 Å². The van der Waals surface area contributed by atoms with Crippen LogP contribution in [0.15, 0.2) is 53.4 Å². The van der Waals surface area contributed by atoms with Gasteiger partial charge in [-0.25, -0.2) is 0 Å². The van der Waals surface area contributed by atoms with Crippen molar-refractivity contribution in [3.05, 3.63) is 59.0 Å². The lowest BCUT2D eigenvalue weighted by Crippen LogP contribution is -2.33.